The minimum absolute atomic E-state index is 0.630. The second kappa shape index (κ2) is 2.27. The Hall–Kier alpha value is -0.970. The predicted molar refractivity (Wildman–Crippen MR) is 43.2 cm³/mol. The molecule has 0 amide bonds. The highest BCUT2D eigenvalue weighted by Gasteiger charge is 2.00. The first-order valence-electron chi connectivity index (χ1n) is 3.10. The lowest BCUT2D eigenvalue weighted by Crippen LogP contribution is -1.89. The SMILES string of the molecule is Cc1nnc2ncc(Br)cn12. The first-order valence-corrected chi connectivity index (χ1v) is 3.89. The van der Waals surface area contributed by atoms with Gasteiger partial charge in [0.2, 0.25) is 0 Å². The Morgan fingerprint density at radius 1 is 1.45 bits per heavy atom. The van der Waals surface area contributed by atoms with Gasteiger partial charge in [0.05, 0.1) is 4.47 Å². The number of halogens is 1. The molecule has 0 radical (unpaired) electrons. The molecule has 0 saturated carbocycles. The van der Waals surface area contributed by atoms with Crippen LogP contribution in [0.4, 0.5) is 0 Å². The van der Waals surface area contributed by atoms with E-state index < -0.39 is 0 Å². The van der Waals surface area contributed by atoms with Gasteiger partial charge >= 0.3 is 0 Å². The number of fused-ring (bicyclic) bond motifs is 1. The van der Waals surface area contributed by atoms with Crippen LogP contribution in [0.15, 0.2) is 16.9 Å². The maximum Gasteiger partial charge on any atom is 0.255 e. The van der Waals surface area contributed by atoms with Crippen LogP contribution in [0.1, 0.15) is 5.82 Å². The van der Waals surface area contributed by atoms with Crippen LogP contribution < -0.4 is 0 Å². The van der Waals surface area contributed by atoms with Crippen LogP contribution in [0.2, 0.25) is 0 Å². The third-order valence-electron chi connectivity index (χ3n) is 1.40. The highest BCUT2D eigenvalue weighted by Crippen LogP contribution is 2.08. The van der Waals surface area contributed by atoms with Crippen molar-refractivity contribution >= 4 is 21.7 Å². The van der Waals surface area contributed by atoms with Gasteiger partial charge in [0.1, 0.15) is 5.82 Å². The number of rotatable bonds is 0. The zero-order chi connectivity index (χ0) is 7.84. The van der Waals surface area contributed by atoms with Crippen molar-refractivity contribution in [2.75, 3.05) is 0 Å². The van der Waals surface area contributed by atoms with Gasteiger partial charge < -0.3 is 0 Å². The molecule has 0 aliphatic heterocycles. The van der Waals surface area contributed by atoms with E-state index in [4.69, 9.17) is 0 Å². The molecule has 0 fully saturated rings. The number of hydrogen-bond acceptors (Lipinski definition) is 3. The van der Waals surface area contributed by atoms with Gasteiger partial charge in [-0.25, -0.2) is 4.98 Å². The van der Waals surface area contributed by atoms with Gasteiger partial charge in [-0.1, -0.05) is 0 Å². The van der Waals surface area contributed by atoms with Crippen LogP contribution in [0.3, 0.4) is 0 Å². The summed E-state index contributed by atoms with van der Waals surface area (Å²) >= 11 is 3.31. The van der Waals surface area contributed by atoms with Crippen LogP contribution in [0, 0.1) is 6.92 Å². The van der Waals surface area contributed by atoms with Gasteiger partial charge in [-0.3, -0.25) is 4.40 Å². The summed E-state index contributed by atoms with van der Waals surface area (Å²) in [6, 6.07) is 0. The predicted octanol–water partition coefficient (Wildman–Crippen LogP) is 1.20. The van der Waals surface area contributed by atoms with Crippen molar-refractivity contribution in [3.8, 4) is 0 Å². The fraction of sp³-hybridized carbons (Fsp3) is 0.167. The van der Waals surface area contributed by atoms with Gasteiger partial charge in [0, 0.05) is 12.4 Å². The Bertz CT molecular complexity index is 394. The van der Waals surface area contributed by atoms with E-state index in [0.29, 0.717) is 5.78 Å². The molecule has 0 atom stereocenters. The minimum Gasteiger partial charge on any atom is -0.270 e. The molecule has 0 aliphatic rings. The smallest absolute Gasteiger partial charge is 0.255 e. The van der Waals surface area contributed by atoms with Gasteiger partial charge in [-0.2, -0.15) is 0 Å². The fourth-order valence-electron chi connectivity index (χ4n) is 0.873. The van der Waals surface area contributed by atoms with E-state index in [-0.39, 0.29) is 0 Å². The molecule has 0 N–H and O–H groups in total. The molecular formula is C6H5BrN4. The van der Waals surface area contributed by atoms with Gasteiger partial charge in [0.25, 0.3) is 5.78 Å². The largest absolute Gasteiger partial charge is 0.270 e. The second-order valence-corrected chi connectivity index (χ2v) is 3.11. The molecule has 0 aliphatic carbocycles. The Kier molecular flexibility index (Phi) is 1.38. The standard InChI is InChI=1S/C6H5BrN4/c1-4-9-10-6-8-2-5(7)3-11(4)6/h2-3H,1H3. The lowest BCUT2D eigenvalue weighted by Gasteiger charge is -1.92. The van der Waals surface area contributed by atoms with E-state index in [0.717, 1.165) is 10.3 Å². The minimum atomic E-state index is 0.630. The first-order chi connectivity index (χ1) is 5.27. The molecule has 0 bridgehead atoms. The molecule has 4 nitrogen and oxygen atoms in total. The van der Waals surface area contributed by atoms with E-state index >= 15 is 0 Å². The Balaban J connectivity index is 2.87. The monoisotopic (exact) mass is 212 g/mol. The normalized spacial score (nSPS) is 10.7. The molecule has 5 heteroatoms. The van der Waals surface area contributed by atoms with Crippen LogP contribution in [-0.4, -0.2) is 19.6 Å². The van der Waals surface area contributed by atoms with Gasteiger partial charge in [-0.15, -0.1) is 10.2 Å². The average molecular weight is 213 g/mol. The molecule has 0 aromatic carbocycles. The number of nitrogens with zero attached hydrogens (tertiary/aromatic N) is 4. The summed E-state index contributed by atoms with van der Waals surface area (Å²) in [4.78, 5) is 4.04. The number of aromatic nitrogens is 4. The van der Waals surface area contributed by atoms with E-state index in [1.54, 1.807) is 6.20 Å². The highest BCUT2D eigenvalue weighted by molar-refractivity contribution is 9.10. The summed E-state index contributed by atoms with van der Waals surface area (Å²) < 4.78 is 2.75. The van der Waals surface area contributed by atoms with Crippen molar-refractivity contribution < 1.29 is 0 Å². The molecule has 11 heavy (non-hydrogen) atoms. The van der Waals surface area contributed by atoms with Gasteiger partial charge in [0.15, 0.2) is 0 Å². The molecule has 2 rings (SSSR count). The molecular weight excluding hydrogens is 208 g/mol. The van der Waals surface area contributed by atoms with Crippen molar-refractivity contribution in [2.24, 2.45) is 0 Å². The van der Waals surface area contributed by atoms with Crippen molar-refractivity contribution in [2.45, 2.75) is 6.92 Å². The first kappa shape index (κ1) is 6.72. The maximum atomic E-state index is 4.04. The van der Waals surface area contributed by atoms with Crippen LogP contribution in [-0.2, 0) is 0 Å². The second-order valence-electron chi connectivity index (χ2n) is 2.19. The molecule has 0 saturated heterocycles. The Morgan fingerprint density at radius 2 is 2.27 bits per heavy atom. The summed E-state index contributed by atoms with van der Waals surface area (Å²) in [7, 11) is 0. The summed E-state index contributed by atoms with van der Waals surface area (Å²) in [6.45, 7) is 1.88. The van der Waals surface area contributed by atoms with E-state index in [1.807, 2.05) is 17.5 Å². The topological polar surface area (TPSA) is 43.1 Å². The van der Waals surface area contributed by atoms with Crippen molar-refractivity contribution in [1.29, 1.82) is 0 Å². The molecule has 0 unspecified atom stereocenters. The van der Waals surface area contributed by atoms with E-state index in [1.165, 1.54) is 0 Å². The van der Waals surface area contributed by atoms with E-state index in [2.05, 4.69) is 31.1 Å². The van der Waals surface area contributed by atoms with E-state index in [9.17, 15) is 0 Å². The molecule has 56 valence electrons. The zero-order valence-corrected chi connectivity index (χ0v) is 7.41. The maximum absolute atomic E-state index is 4.04. The number of hydrogen-bond donors (Lipinski definition) is 0. The van der Waals surface area contributed by atoms with Crippen LogP contribution in [0.5, 0.6) is 0 Å². The summed E-state index contributed by atoms with van der Waals surface area (Å²) in [5.74, 6) is 1.47. The number of aryl methyl sites for hydroxylation is 1. The fourth-order valence-corrected chi connectivity index (χ4v) is 1.18. The molecule has 2 heterocycles. The van der Waals surface area contributed by atoms with Crippen molar-refractivity contribution in [1.82, 2.24) is 19.6 Å². The summed E-state index contributed by atoms with van der Waals surface area (Å²) in [5.41, 5.74) is 0. The van der Waals surface area contributed by atoms with Gasteiger partial charge in [-0.05, 0) is 22.9 Å². The van der Waals surface area contributed by atoms with Crippen molar-refractivity contribution in [3.63, 3.8) is 0 Å². The average Bonchev–Trinajstić information content (AvgIpc) is 2.33. The third-order valence-corrected chi connectivity index (χ3v) is 1.81. The summed E-state index contributed by atoms with van der Waals surface area (Å²) in [5, 5.41) is 7.71. The lowest BCUT2D eigenvalue weighted by atomic mass is 10.6. The Labute approximate surface area is 71.4 Å². The molecule has 0 spiro atoms. The lowest BCUT2D eigenvalue weighted by molar-refractivity contribution is 1.00. The zero-order valence-electron chi connectivity index (χ0n) is 5.82. The molecule has 2 aromatic rings. The quantitative estimate of drug-likeness (QED) is 0.660. The summed E-state index contributed by atoms with van der Waals surface area (Å²) in [6.07, 6.45) is 3.58. The third kappa shape index (κ3) is 1.01. The van der Waals surface area contributed by atoms with Crippen LogP contribution >= 0.6 is 15.9 Å². The van der Waals surface area contributed by atoms with Crippen LogP contribution in [0.25, 0.3) is 5.78 Å². The highest BCUT2D eigenvalue weighted by atomic mass is 79.9. The molecule has 2 aromatic heterocycles. The van der Waals surface area contributed by atoms with Crippen molar-refractivity contribution in [3.05, 3.63) is 22.7 Å². The Morgan fingerprint density at radius 3 is 3.09 bits per heavy atom.